The molecule has 8 heteroatoms. The van der Waals surface area contributed by atoms with Crippen LogP contribution in [0.2, 0.25) is 0 Å². The van der Waals surface area contributed by atoms with Crippen molar-refractivity contribution in [3.05, 3.63) is 170 Å². The number of hydrogen-bond donors (Lipinski definition) is 0. The van der Waals surface area contributed by atoms with E-state index in [9.17, 15) is 0 Å². The Labute approximate surface area is 314 Å². The minimum absolute atomic E-state index is 0.526. The van der Waals surface area contributed by atoms with Crippen molar-refractivity contribution in [2.24, 2.45) is 0 Å². The standard InChI is InChI=1S/C47H28N6O2/c1-3-12-29(13-4-1)43-50-44(30-14-5-2-6-15-30)52-45(51-43)31-23-25-42-38(28-31)49-46(55-42)32-16-11-17-34(26-32)53-39-20-9-7-18-35(39)36-27-33(22-24-40(36)53)47-48-37-19-8-10-21-41(37)54-47/h1-28H. The molecule has 0 saturated heterocycles. The third kappa shape index (κ3) is 5.35. The normalized spacial score (nSPS) is 11.6. The summed E-state index contributed by atoms with van der Waals surface area (Å²) in [5.74, 6) is 2.90. The molecule has 11 aromatic rings. The Bertz CT molecular complexity index is 3130. The number of fused-ring (bicyclic) bond motifs is 5. The molecule has 0 aliphatic carbocycles. The second kappa shape index (κ2) is 12.5. The number of oxazole rings is 2. The lowest BCUT2D eigenvalue weighted by atomic mass is 10.1. The Hall–Kier alpha value is -7.71. The maximum absolute atomic E-state index is 6.38. The molecule has 7 aromatic carbocycles. The summed E-state index contributed by atoms with van der Waals surface area (Å²) in [5.41, 5.74) is 10.6. The monoisotopic (exact) mass is 708 g/mol. The Kier molecular flexibility index (Phi) is 6.99. The molecule has 0 fully saturated rings. The fourth-order valence-electron chi connectivity index (χ4n) is 7.29. The van der Waals surface area contributed by atoms with E-state index in [-0.39, 0.29) is 0 Å². The van der Waals surface area contributed by atoms with E-state index in [4.69, 9.17) is 33.8 Å². The van der Waals surface area contributed by atoms with E-state index in [1.54, 1.807) is 0 Å². The van der Waals surface area contributed by atoms with E-state index in [1.807, 2.05) is 115 Å². The first-order valence-corrected chi connectivity index (χ1v) is 18.0. The molecule has 0 aliphatic heterocycles. The van der Waals surface area contributed by atoms with Crippen molar-refractivity contribution in [2.45, 2.75) is 0 Å². The topological polar surface area (TPSA) is 95.7 Å². The first kappa shape index (κ1) is 30.9. The Balaban J connectivity index is 0.985. The summed E-state index contributed by atoms with van der Waals surface area (Å²) in [7, 11) is 0. The first-order valence-electron chi connectivity index (χ1n) is 18.0. The Morgan fingerprint density at radius 3 is 1.65 bits per heavy atom. The molecule has 0 amide bonds. The van der Waals surface area contributed by atoms with E-state index in [0.29, 0.717) is 40.4 Å². The summed E-state index contributed by atoms with van der Waals surface area (Å²) in [4.78, 5) is 24.4. The van der Waals surface area contributed by atoms with Gasteiger partial charge in [0.25, 0.3) is 0 Å². The van der Waals surface area contributed by atoms with Gasteiger partial charge in [0.2, 0.25) is 11.8 Å². The highest BCUT2D eigenvalue weighted by molar-refractivity contribution is 6.10. The van der Waals surface area contributed by atoms with Gasteiger partial charge in [-0.1, -0.05) is 97.1 Å². The molecule has 0 atom stereocenters. The fraction of sp³-hybridized carbons (Fsp3) is 0. The third-order valence-corrected chi connectivity index (χ3v) is 9.91. The highest BCUT2D eigenvalue weighted by atomic mass is 16.4. The van der Waals surface area contributed by atoms with Crippen LogP contribution in [0.4, 0.5) is 0 Å². The maximum Gasteiger partial charge on any atom is 0.227 e. The molecule has 0 N–H and O–H groups in total. The fourth-order valence-corrected chi connectivity index (χ4v) is 7.29. The Morgan fingerprint density at radius 1 is 0.345 bits per heavy atom. The Morgan fingerprint density at radius 2 is 0.909 bits per heavy atom. The summed E-state index contributed by atoms with van der Waals surface area (Å²) >= 11 is 0. The lowest BCUT2D eigenvalue weighted by molar-refractivity contribution is 0.619. The molecule has 0 aliphatic rings. The quantitative estimate of drug-likeness (QED) is 0.170. The summed E-state index contributed by atoms with van der Waals surface area (Å²) in [6, 6.07) is 56.8. The van der Waals surface area contributed by atoms with Crippen molar-refractivity contribution in [3.8, 4) is 62.8 Å². The molecule has 4 aromatic heterocycles. The minimum Gasteiger partial charge on any atom is -0.436 e. The van der Waals surface area contributed by atoms with Gasteiger partial charge in [-0.3, -0.25) is 0 Å². The predicted octanol–water partition coefficient (Wildman–Crippen LogP) is 11.6. The number of rotatable bonds is 6. The molecule has 258 valence electrons. The number of benzene rings is 7. The summed E-state index contributed by atoms with van der Waals surface area (Å²) in [6.45, 7) is 0. The van der Waals surface area contributed by atoms with Crippen LogP contribution in [-0.2, 0) is 0 Å². The lowest BCUT2D eigenvalue weighted by Gasteiger charge is -2.09. The third-order valence-electron chi connectivity index (χ3n) is 9.91. The van der Waals surface area contributed by atoms with Crippen LogP contribution >= 0.6 is 0 Å². The average Bonchev–Trinajstić information content (AvgIpc) is 3.98. The molecular formula is C47H28N6O2. The molecule has 0 spiro atoms. The zero-order valence-electron chi connectivity index (χ0n) is 29.2. The van der Waals surface area contributed by atoms with E-state index in [2.05, 4.69) is 59.2 Å². The van der Waals surface area contributed by atoms with Crippen molar-refractivity contribution in [1.29, 1.82) is 0 Å². The van der Waals surface area contributed by atoms with Crippen LogP contribution < -0.4 is 0 Å². The van der Waals surface area contributed by atoms with Crippen LogP contribution in [-0.4, -0.2) is 29.5 Å². The van der Waals surface area contributed by atoms with Crippen molar-refractivity contribution < 1.29 is 8.83 Å². The molecule has 11 rings (SSSR count). The van der Waals surface area contributed by atoms with Crippen LogP contribution in [0.15, 0.2) is 179 Å². The SMILES string of the molecule is c1ccc(-c2nc(-c3ccccc3)nc(-c3ccc4oc(-c5cccc(-n6c7ccccc7c7cc(-c8nc9ccccc9o8)ccc76)c5)nc4c3)n2)cc1. The maximum atomic E-state index is 6.38. The highest BCUT2D eigenvalue weighted by Crippen LogP contribution is 2.37. The summed E-state index contributed by atoms with van der Waals surface area (Å²) < 4.78 is 14.8. The van der Waals surface area contributed by atoms with Gasteiger partial charge in [-0.2, -0.15) is 0 Å². The number of hydrogen-bond acceptors (Lipinski definition) is 7. The smallest absolute Gasteiger partial charge is 0.227 e. The van der Waals surface area contributed by atoms with Crippen LogP contribution in [0.5, 0.6) is 0 Å². The minimum atomic E-state index is 0.526. The molecule has 0 unspecified atom stereocenters. The van der Waals surface area contributed by atoms with Crippen LogP contribution in [0.1, 0.15) is 0 Å². The molecule has 8 nitrogen and oxygen atoms in total. The van der Waals surface area contributed by atoms with Gasteiger partial charge >= 0.3 is 0 Å². The number of nitrogens with zero attached hydrogens (tertiary/aromatic N) is 6. The zero-order chi connectivity index (χ0) is 36.3. The molecule has 0 saturated carbocycles. The second-order valence-corrected chi connectivity index (χ2v) is 13.4. The van der Waals surface area contributed by atoms with E-state index >= 15 is 0 Å². The molecule has 0 bridgehead atoms. The predicted molar refractivity (Wildman–Crippen MR) is 216 cm³/mol. The van der Waals surface area contributed by atoms with Crippen LogP contribution in [0.25, 0.3) is 107 Å². The zero-order valence-corrected chi connectivity index (χ0v) is 29.2. The van der Waals surface area contributed by atoms with Gasteiger partial charge in [0.1, 0.15) is 11.0 Å². The first-order chi connectivity index (χ1) is 27.2. The summed E-state index contributed by atoms with van der Waals surface area (Å²) in [6.07, 6.45) is 0. The number of aromatic nitrogens is 6. The lowest BCUT2D eigenvalue weighted by Crippen LogP contribution is -2.00. The van der Waals surface area contributed by atoms with Crippen molar-refractivity contribution in [3.63, 3.8) is 0 Å². The second-order valence-electron chi connectivity index (χ2n) is 13.4. The largest absolute Gasteiger partial charge is 0.436 e. The van der Waals surface area contributed by atoms with Crippen LogP contribution in [0.3, 0.4) is 0 Å². The van der Waals surface area contributed by atoms with Crippen LogP contribution in [0, 0.1) is 0 Å². The van der Waals surface area contributed by atoms with Gasteiger partial charge in [-0.25, -0.2) is 24.9 Å². The van der Waals surface area contributed by atoms with E-state index in [0.717, 1.165) is 66.4 Å². The molecule has 0 radical (unpaired) electrons. The van der Waals surface area contributed by atoms with E-state index < -0.39 is 0 Å². The van der Waals surface area contributed by atoms with Gasteiger partial charge in [0.15, 0.2) is 28.6 Å². The van der Waals surface area contributed by atoms with Crippen molar-refractivity contribution in [2.75, 3.05) is 0 Å². The highest BCUT2D eigenvalue weighted by Gasteiger charge is 2.18. The number of para-hydroxylation sites is 3. The summed E-state index contributed by atoms with van der Waals surface area (Å²) in [5, 5.41) is 2.25. The molecule has 55 heavy (non-hydrogen) atoms. The average molecular weight is 709 g/mol. The van der Waals surface area contributed by atoms with Crippen molar-refractivity contribution in [1.82, 2.24) is 29.5 Å². The van der Waals surface area contributed by atoms with E-state index in [1.165, 1.54) is 0 Å². The van der Waals surface area contributed by atoms with Crippen molar-refractivity contribution >= 4 is 44.0 Å². The van der Waals surface area contributed by atoms with Gasteiger partial charge in [-0.15, -0.1) is 0 Å². The van der Waals surface area contributed by atoms with Gasteiger partial charge in [-0.05, 0) is 72.8 Å². The molecular weight excluding hydrogens is 681 g/mol. The molecule has 4 heterocycles. The van der Waals surface area contributed by atoms with Gasteiger partial charge in [0, 0.05) is 44.3 Å². The van der Waals surface area contributed by atoms with Gasteiger partial charge in [0.05, 0.1) is 11.0 Å². The van der Waals surface area contributed by atoms with Gasteiger partial charge < -0.3 is 13.4 Å².